The van der Waals surface area contributed by atoms with Crippen LogP contribution in [-0.2, 0) is 0 Å². The van der Waals surface area contributed by atoms with Crippen LogP contribution in [0.4, 0.5) is 10.1 Å². The topological polar surface area (TPSA) is 46.9 Å². The lowest BCUT2D eigenvalue weighted by molar-refractivity contribution is 0.102. The molecule has 4 rings (SSSR count). The summed E-state index contributed by atoms with van der Waals surface area (Å²) in [4.78, 5) is 12.8. The van der Waals surface area contributed by atoms with Crippen molar-refractivity contribution < 1.29 is 9.18 Å². The SMILES string of the molecule is Cc1ccc(NC(=O)c2nn(-c3ccc(F)cc3)c3ccccc23)cc1. The minimum atomic E-state index is -0.317. The summed E-state index contributed by atoms with van der Waals surface area (Å²) >= 11 is 0. The third kappa shape index (κ3) is 2.95. The Morgan fingerprint density at radius 3 is 2.38 bits per heavy atom. The summed E-state index contributed by atoms with van der Waals surface area (Å²) in [6.45, 7) is 1.99. The smallest absolute Gasteiger partial charge is 0.276 e. The van der Waals surface area contributed by atoms with E-state index >= 15 is 0 Å². The van der Waals surface area contributed by atoms with Gasteiger partial charge in [0.15, 0.2) is 5.69 Å². The van der Waals surface area contributed by atoms with E-state index in [1.807, 2.05) is 55.5 Å². The van der Waals surface area contributed by atoms with Gasteiger partial charge in [-0.05, 0) is 49.4 Å². The number of halogens is 1. The first-order valence-corrected chi connectivity index (χ1v) is 8.23. The van der Waals surface area contributed by atoms with E-state index in [0.717, 1.165) is 16.5 Å². The molecule has 0 aliphatic carbocycles. The standard InChI is InChI=1S/C21H16FN3O/c1-14-6-10-16(11-7-14)23-21(26)20-18-4-2-3-5-19(18)25(24-20)17-12-8-15(22)9-13-17/h2-13H,1H3,(H,23,26). The molecule has 0 bridgehead atoms. The van der Waals surface area contributed by atoms with E-state index in [0.29, 0.717) is 17.1 Å². The molecular weight excluding hydrogens is 329 g/mol. The highest BCUT2D eigenvalue weighted by molar-refractivity contribution is 6.11. The predicted molar refractivity (Wildman–Crippen MR) is 100 cm³/mol. The number of amides is 1. The molecular formula is C21H16FN3O. The summed E-state index contributed by atoms with van der Waals surface area (Å²) < 4.78 is 14.9. The molecule has 0 radical (unpaired) electrons. The van der Waals surface area contributed by atoms with Gasteiger partial charge in [-0.25, -0.2) is 9.07 Å². The van der Waals surface area contributed by atoms with Crippen LogP contribution in [-0.4, -0.2) is 15.7 Å². The molecule has 1 N–H and O–H groups in total. The van der Waals surface area contributed by atoms with E-state index in [1.165, 1.54) is 12.1 Å². The molecule has 128 valence electrons. The van der Waals surface area contributed by atoms with Gasteiger partial charge in [-0.3, -0.25) is 4.79 Å². The Morgan fingerprint density at radius 2 is 1.65 bits per heavy atom. The summed E-state index contributed by atoms with van der Waals surface area (Å²) in [5.41, 5.74) is 3.63. The quantitative estimate of drug-likeness (QED) is 0.584. The first-order chi connectivity index (χ1) is 12.6. The number of anilines is 1. The van der Waals surface area contributed by atoms with Crippen molar-refractivity contribution in [2.24, 2.45) is 0 Å². The number of rotatable bonds is 3. The van der Waals surface area contributed by atoms with Crippen molar-refractivity contribution >= 4 is 22.5 Å². The largest absolute Gasteiger partial charge is 0.321 e. The molecule has 1 heterocycles. The molecule has 0 spiro atoms. The Morgan fingerprint density at radius 1 is 0.962 bits per heavy atom. The number of hydrogen-bond acceptors (Lipinski definition) is 2. The zero-order valence-corrected chi connectivity index (χ0v) is 14.1. The van der Waals surface area contributed by atoms with Crippen LogP contribution in [0.15, 0.2) is 72.8 Å². The maximum Gasteiger partial charge on any atom is 0.276 e. The van der Waals surface area contributed by atoms with E-state index in [-0.39, 0.29) is 11.7 Å². The zero-order valence-electron chi connectivity index (χ0n) is 14.1. The molecule has 0 unspecified atom stereocenters. The van der Waals surface area contributed by atoms with Gasteiger partial charge in [0.2, 0.25) is 0 Å². The molecule has 0 atom stereocenters. The van der Waals surface area contributed by atoms with Crippen molar-refractivity contribution in [2.45, 2.75) is 6.92 Å². The van der Waals surface area contributed by atoms with Crippen LogP contribution in [0.2, 0.25) is 0 Å². The maximum atomic E-state index is 13.2. The summed E-state index contributed by atoms with van der Waals surface area (Å²) in [7, 11) is 0. The van der Waals surface area contributed by atoms with Crippen molar-refractivity contribution in [2.75, 3.05) is 5.32 Å². The molecule has 0 saturated carbocycles. The third-order valence-electron chi connectivity index (χ3n) is 4.18. The average Bonchev–Trinajstić information content (AvgIpc) is 3.04. The Kier molecular flexibility index (Phi) is 3.97. The molecule has 1 aromatic heterocycles. The van der Waals surface area contributed by atoms with E-state index in [2.05, 4.69) is 10.4 Å². The number of aryl methyl sites for hydroxylation is 1. The first-order valence-electron chi connectivity index (χ1n) is 8.23. The van der Waals surface area contributed by atoms with E-state index < -0.39 is 0 Å². The second-order valence-electron chi connectivity index (χ2n) is 6.07. The minimum Gasteiger partial charge on any atom is -0.321 e. The fourth-order valence-electron chi connectivity index (χ4n) is 2.84. The minimum absolute atomic E-state index is 0.286. The Hall–Kier alpha value is -3.47. The lowest BCUT2D eigenvalue weighted by Gasteiger charge is -2.04. The van der Waals surface area contributed by atoms with Crippen molar-refractivity contribution in [1.82, 2.24) is 9.78 Å². The number of carbonyl (C=O) groups excluding carboxylic acids is 1. The van der Waals surface area contributed by atoms with Gasteiger partial charge in [0.05, 0.1) is 11.2 Å². The molecule has 0 saturated heterocycles. The highest BCUT2D eigenvalue weighted by Crippen LogP contribution is 2.23. The maximum absolute atomic E-state index is 13.2. The number of benzene rings is 3. The molecule has 26 heavy (non-hydrogen) atoms. The number of fused-ring (bicyclic) bond motifs is 1. The van der Waals surface area contributed by atoms with Gasteiger partial charge in [0, 0.05) is 11.1 Å². The van der Waals surface area contributed by atoms with E-state index in [4.69, 9.17) is 0 Å². The highest BCUT2D eigenvalue weighted by Gasteiger charge is 2.18. The van der Waals surface area contributed by atoms with Gasteiger partial charge < -0.3 is 5.32 Å². The Labute approximate surface area is 149 Å². The fraction of sp³-hybridized carbons (Fsp3) is 0.0476. The number of carbonyl (C=O) groups is 1. The lowest BCUT2D eigenvalue weighted by Crippen LogP contribution is -2.13. The molecule has 3 aromatic carbocycles. The van der Waals surface area contributed by atoms with Crippen LogP contribution in [0.3, 0.4) is 0 Å². The van der Waals surface area contributed by atoms with Crippen LogP contribution < -0.4 is 5.32 Å². The van der Waals surface area contributed by atoms with Gasteiger partial charge in [0.25, 0.3) is 5.91 Å². The number of nitrogens with one attached hydrogen (secondary N) is 1. The van der Waals surface area contributed by atoms with E-state index in [9.17, 15) is 9.18 Å². The predicted octanol–water partition coefficient (Wildman–Crippen LogP) is 4.73. The van der Waals surface area contributed by atoms with Crippen LogP contribution in [0.25, 0.3) is 16.6 Å². The summed E-state index contributed by atoms with van der Waals surface area (Å²) in [6.07, 6.45) is 0. The van der Waals surface area contributed by atoms with Gasteiger partial charge in [0.1, 0.15) is 5.82 Å². The number of para-hydroxylation sites is 1. The van der Waals surface area contributed by atoms with Gasteiger partial charge >= 0.3 is 0 Å². The van der Waals surface area contributed by atoms with Crippen LogP contribution in [0, 0.1) is 12.7 Å². The van der Waals surface area contributed by atoms with Crippen LogP contribution in [0.1, 0.15) is 16.1 Å². The highest BCUT2D eigenvalue weighted by atomic mass is 19.1. The second kappa shape index (κ2) is 6.44. The first kappa shape index (κ1) is 16.0. The van der Waals surface area contributed by atoms with Crippen molar-refractivity contribution in [3.8, 4) is 5.69 Å². The van der Waals surface area contributed by atoms with Gasteiger partial charge in [-0.15, -0.1) is 0 Å². The Balaban J connectivity index is 1.76. The van der Waals surface area contributed by atoms with Crippen molar-refractivity contribution in [1.29, 1.82) is 0 Å². The molecule has 0 aliphatic rings. The second-order valence-corrected chi connectivity index (χ2v) is 6.07. The normalized spacial score (nSPS) is 10.8. The van der Waals surface area contributed by atoms with Gasteiger partial charge in [-0.2, -0.15) is 5.10 Å². The molecule has 1 amide bonds. The lowest BCUT2D eigenvalue weighted by atomic mass is 10.2. The van der Waals surface area contributed by atoms with Crippen molar-refractivity contribution in [3.05, 3.63) is 89.9 Å². The van der Waals surface area contributed by atoms with Gasteiger partial charge in [-0.1, -0.05) is 35.9 Å². The molecule has 0 aliphatic heterocycles. The summed E-state index contributed by atoms with van der Waals surface area (Å²) in [5, 5.41) is 8.10. The summed E-state index contributed by atoms with van der Waals surface area (Å²) in [5.74, 6) is -0.603. The fourth-order valence-corrected chi connectivity index (χ4v) is 2.84. The molecule has 4 nitrogen and oxygen atoms in total. The molecule has 5 heteroatoms. The zero-order chi connectivity index (χ0) is 18.1. The van der Waals surface area contributed by atoms with Crippen LogP contribution >= 0.6 is 0 Å². The number of nitrogens with zero attached hydrogens (tertiary/aromatic N) is 2. The van der Waals surface area contributed by atoms with E-state index in [1.54, 1.807) is 16.8 Å². The third-order valence-corrected chi connectivity index (χ3v) is 4.18. The number of aromatic nitrogens is 2. The number of hydrogen-bond donors (Lipinski definition) is 1. The Bertz CT molecular complexity index is 1080. The molecule has 0 fully saturated rings. The van der Waals surface area contributed by atoms with Crippen molar-refractivity contribution in [3.63, 3.8) is 0 Å². The summed E-state index contributed by atoms with van der Waals surface area (Å²) in [6, 6.07) is 21.1. The molecule has 4 aromatic rings. The average molecular weight is 345 g/mol. The monoisotopic (exact) mass is 345 g/mol. The van der Waals surface area contributed by atoms with Crippen LogP contribution in [0.5, 0.6) is 0 Å².